The highest BCUT2D eigenvalue weighted by atomic mass is 28.4. The third-order valence-electron chi connectivity index (χ3n) is 4.09. The van der Waals surface area contributed by atoms with E-state index in [2.05, 4.69) is 13.8 Å². The summed E-state index contributed by atoms with van der Waals surface area (Å²) >= 11 is 0. The molecule has 0 N–H and O–H groups in total. The first-order valence-corrected chi connectivity index (χ1v) is 8.95. The summed E-state index contributed by atoms with van der Waals surface area (Å²) in [6.45, 7) is 9.62. The van der Waals surface area contributed by atoms with Crippen LogP contribution >= 0.6 is 0 Å². The lowest BCUT2D eigenvalue weighted by Crippen LogP contribution is -2.53. The van der Waals surface area contributed by atoms with E-state index < -0.39 is 8.80 Å². The quantitative estimate of drug-likeness (QED) is 0.502. The summed E-state index contributed by atoms with van der Waals surface area (Å²) in [5.74, 6) is 0.742. The Morgan fingerprint density at radius 3 is 1.89 bits per heavy atom. The van der Waals surface area contributed by atoms with Gasteiger partial charge in [0.2, 0.25) is 0 Å². The van der Waals surface area contributed by atoms with Crippen LogP contribution < -0.4 is 0 Å². The fourth-order valence-electron chi connectivity index (χ4n) is 3.21. The van der Waals surface area contributed by atoms with E-state index in [1.54, 1.807) is 21.3 Å². The summed E-state index contributed by atoms with van der Waals surface area (Å²) in [4.78, 5) is 0. The zero-order valence-electron chi connectivity index (χ0n) is 12.7. The molecule has 1 heterocycles. The molecule has 0 spiro atoms. The van der Waals surface area contributed by atoms with E-state index in [4.69, 9.17) is 13.3 Å². The van der Waals surface area contributed by atoms with Crippen LogP contribution in [0.5, 0.6) is 0 Å². The summed E-state index contributed by atoms with van der Waals surface area (Å²) in [5.41, 5.74) is 0. The van der Waals surface area contributed by atoms with E-state index in [1.807, 2.05) is 0 Å². The Morgan fingerprint density at radius 2 is 1.50 bits per heavy atom. The van der Waals surface area contributed by atoms with Crippen molar-refractivity contribution in [2.45, 2.75) is 32.7 Å². The lowest BCUT2D eigenvalue weighted by atomic mass is 10.2. The minimum atomic E-state index is -2.40. The summed E-state index contributed by atoms with van der Waals surface area (Å²) in [7, 11) is 2.71. The maximum Gasteiger partial charge on any atom is 0.505 e. The first-order valence-electron chi connectivity index (χ1n) is 7.02. The van der Waals surface area contributed by atoms with Crippen molar-refractivity contribution in [2.24, 2.45) is 5.92 Å². The highest BCUT2D eigenvalue weighted by molar-refractivity contribution is 6.60. The summed E-state index contributed by atoms with van der Waals surface area (Å²) < 4.78 is 17.8. The lowest BCUT2D eigenvalue weighted by Gasteiger charge is -2.37. The summed E-state index contributed by atoms with van der Waals surface area (Å²) in [5, 5.41) is 0. The molecule has 0 radical (unpaired) electrons. The van der Waals surface area contributed by atoms with E-state index in [0.29, 0.717) is 0 Å². The molecule has 1 saturated heterocycles. The Balaban J connectivity index is 2.61. The van der Waals surface area contributed by atoms with Crippen molar-refractivity contribution in [3.05, 3.63) is 0 Å². The van der Waals surface area contributed by atoms with Crippen molar-refractivity contribution in [3.8, 4) is 0 Å². The molecular weight excluding hydrogens is 246 g/mol. The lowest BCUT2D eigenvalue weighted by molar-refractivity contribution is -0.917. The molecule has 1 rings (SSSR count). The van der Waals surface area contributed by atoms with Crippen molar-refractivity contribution >= 4 is 8.80 Å². The second kappa shape index (κ2) is 7.00. The second-order valence-electron chi connectivity index (χ2n) is 5.84. The summed E-state index contributed by atoms with van der Waals surface area (Å²) in [6.07, 6.45) is 2.71. The van der Waals surface area contributed by atoms with Crippen LogP contribution in [0.1, 0.15) is 26.7 Å². The standard InChI is InChI=1S/C13H30NO3Si/c1-13(2)12-14(8-6-7-9-14)10-11-18(15-3,16-4)17-5/h13H,6-12H2,1-5H3/q+1. The minimum absolute atomic E-state index is 0.742. The Kier molecular flexibility index (Phi) is 6.27. The number of hydrogen-bond acceptors (Lipinski definition) is 3. The third-order valence-corrected chi connectivity index (χ3v) is 6.79. The van der Waals surface area contributed by atoms with Crippen LogP contribution in [0, 0.1) is 5.92 Å². The SMILES string of the molecule is CO[Si](CC[N+]1(CC(C)C)CCCC1)(OC)OC. The van der Waals surface area contributed by atoms with Gasteiger partial charge in [-0.15, -0.1) is 0 Å². The molecule has 0 aromatic rings. The van der Waals surface area contributed by atoms with Gasteiger partial charge >= 0.3 is 8.80 Å². The van der Waals surface area contributed by atoms with Gasteiger partial charge in [-0.2, -0.15) is 0 Å². The zero-order chi connectivity index (χ0) is 13.6. The van der Waals surface area contributed by atoms with Gasteiger partial charge in [0.05, 0.1) is 32.2 Å². The van der Waals surface area contributed by atoms with Gasteiger partial charge in [-0.25, -0.2) is 0 Å². The average molecular weight is 276 g/mol. The van der Waals surface area contributed by atoms with Crippen LogP contribution in [0.3, 0.4) is 0 Å². The first kappa shape index (κ1) is 16.1. The van der Waals surface area contributed by atoms with Gasteiger partial charge < -0.3 is 17.8 Å². The van der Waals surface area contributed by atoms with Crippen molar-refractivity contribution in [2.75, 3.05) is 47.5 Å². The highest BCUT2D eigenvalue weighted by Gasteiger charge is 2.42. The molecule has 0 aliphatic carbocycles. The molecule has 0 amide bonds. The Labute approximate surface area is 113 Å². The van der Waals surface area contributed by atoms with Crippen LogP contribution in [0.15, 0.2) is 0 Å². The summed E-state index contributed by atoms with van der Waals surface area (Å²) in [6, 6.07) is 0.920. The first-order chi connectivity index (χ1) is 8.51. The van der Waals surface area contributed by atoms with E-state index in [-0.39, 0.29) is 0 Å². The molecule has 0 saturated carbocycles. The van der Waals surface area contributed by atoms with Crippen molar-refractivity contribution in [1.29, 1.82) is 0 Å². The van der Waals surface area contributed by atoms with Crippen LogP contribution in [0.4, 0.5) is 0 Å². The number of likely N-dealkylation sites (tertiary alicyclic amines) is 1. The molecule has 0 bridgehead atoms. The average Bonchev–Trinajstić information content (AvgIpc) is 2.80. The van der Waals surface area contributed by atoms with Gasteiger partial charge in [-0.05, 0) is 0 Å². The van der Waals surface area contributed by atoms with E-state index in [1.165, 1.54) is 37.0 Å². The largest absolute Gasteiger partial charge is 0.505 e. The van der Waals surface area contributed by atoms with Gasteiger partial charge in [-0.3, -0.25) is 0 Å². The predicted octanol–water partition coefficient (Wildman–Crippen LogP) is 2.13. The fraction of sp³-hybridized carbons (Fsp3) is 1.00. The normalized spacial score (nSPS) is 19.7. The van der Waals surface area contributed by atoms with Gasteiger partial charge in [0.25, 0.3) is 0 Å². The monoisotopic (exact) mass is 276 g/mol. The van der Waals surface area contributed by atoms with Crippen LogP contribution in [-0.4, -0.2) is 60.8 Å². The van der Waals surface area contributed by atoms with Crippen molar-refractivity contribution in [3.63, 3.8) is 0 Å². The number of hydrogen-bond donors (Lipinski definition) is 0. The molecule has 1 aliphatic rings. The Hall–Kier alpha value is 0.0569. The number of rotatable bonds is 8. The van der Waals surface area contributed by atoms with Crippen molar-refractivity contribution in [1.82, 2.24) is 0 Å². The Morgan fingerprint density at radius 1 is 1.00 bits per heavy atom. The highest BCUT2D eigenvalue weighted by Crippen LogP contribution is 2.25. The molecule has 0 unspecified atom stereocenters. The maximum atomic E-state index is 5.53. The topological polar surface area (TPSA) is 27.7 Å². The number of quaternary nitrogens is 1. The van der Waals surface area contributed by atoms with E-state index in [9.17, 15) is 0 Å². The molecule has 0 atom stereocenters. The van der Waals surface area contributed by atoms with Gasteiger partial charge in [0, 0.05) is 40.1 Å². The van der Waals surface area contributed by atoms with E-state index in [0.717, 1.165) is 18.5 Å². The van der Waals surface area contributed by atoms with Gasteiger partial charge in [0.1, 0.15) is 0 Å². The molecule has 0 aromatic carbocycles. The molecule has 1 aliphatic heterocycles. The van der Waals surface area contributed by atoms with Gasteiger partial charge in [-0.1, -0.05) is 13.8 Å². The molecule has 5 heteroatoms. The molecular formula is C13H30NO3Si+. The second-order valence-corrected chi connectivity index (χ2v) is 8.93. The molecule has 4 nitrogen and oxygen atoms in total. The van der Waals surface area contributed by atoms with Crippen LogP contribution in [0.25, 0.3) is 0 Å². The Bertz CT molecular complexity index is 230. The molecule has 18 heavy (non-hydrogen) atoms. The smallest absolute Gasteiger partial charge is 0.377 e. The minimum Gasteiger partial charge on any atom is -0.377 e. The fourth-order valence-corrected chi connectivity index (χ4v) is 5.07. The molecule has 108 valence electrons. The van der Waals surface area contributed by atoms with Gasteiger partial charge in [0.15, 0.2) is 0 Å². The molecule has 0 aromatic heterocycles. The predicted molar refractivity (Wildman–Crippen MR) is 75.4 cm³/mol. The van der Waals surface area contributed by atoms with Crippen molar-refractivity contribution < 1.29 is 17.8 Å². The zero-order valence-corrected chi connectivity index (χ0v) is 13.7. The van der Waals surface area contributed by atoms with E-state index >= 15 is 0 Å². The van der Waals surface area contributed by atoms with Crippen LogP contribution in [-0.2, 0) is 13.3 Å². The molecule has 1 fully saturated rings. The van der Waals surface area contributed by atoms with Crippen LogP contribution in [0.2, 0.25) is 6.04 Å². The maximum absolute atomic E-state index is 5.53. The third kappa shape index (κ3) is 4.03. The number of nitrogens with zero attached hydrogens (tertiary/aromatic N) is 1.